The molecule has 0 saturated heterocycles. The summed E-state index contributed by atoms with van der Waals surface area (Å²) < 4.78 is 0. The van der Waals surface area contributed by atoms with Crippen molar-refractivity contribution in [1.82, 2.24) is 0 Å². The van der Waals surface area contributed by atoms with Crippen molar-refractivity contribution in [3.63, 3.8) is 0 Å². The van der Waals surface area contributed by atoms with Crippen molar-refractivity contribution < 1.29 is 19.2 Å². The highest BCUT2D eigenvalue weighted by atomic mass is 16.1. The van der Waals surface area contributed by atoms with Crippen LogP contribution in [0.5, 0.6) is 0 Å². The van der Waals surface area contributed by atoms with Gasteiger partial charge in [-0.15, -0.1) is 0 Å². The first-order chi connectivity index (χ1) is 10.8. The third-order valence-electron chi connectivity index (χ3n) is 2.71. The van der Waals surface area contributed by atoms with Crippen LogP contribution in [0.2, 0.25) is 0 Å². The van der Waals surface area contributed by atoms with Gasteiger partial charge in [0.25, 0.3) is 0 Å². The smallest absolute Gasteiger partial charge is 0.142 e. The van der Waals surface area contributed by atoms with Crippen LogP contribution < -0.4 is 0 Å². The number of hydrogen-bond donors (Lipinski definition) is 0. The van der Waals surface area contributed by atoms with E-state index < -0.39 is 0 Å². The number of benzene rings is 1. The van der Waals surface area contributed by atoms with Gasteiger partial charge in [0.1, 0.15) is 25.1 Å². The van der Waals surface area contributed by atoms with Crippen molar-refractivity contribution in [3.05, 3.63) is 58.7 Å². The molecule has 0 N–H and O–H groups in total. The molecule has 0 heterocycles. The van der Waals surface area contributed by atoms with Gasteiger partial charge in [-0.3, -0.25) is 19.2 Å². The normalized spacial score (nSPS) is 11.6. The molecular weight excluding hydrogens is 280 g/mol. The maximum absolute atomic E-state index is 10.5. The monoisotopic (exact) mass is 294 g/mol. The molecule has 0 unspecified atom stereocenters. The van der Waals surface area contributed by atoms with E-state index in [1.165, 1.54) is 24.3 Å². The molecule has 110 valence electrons. The molecule has 0 atom stereocenters. The Balaban J connectivity index is 3.53. The van der Waals surface area contributed by atoms with E-state index in [0.717, 1.165) is 0 Å². The zero-order valence-corrected chi connectivity index (χ0v) is 11.7. The molecule has 1 aromatic carbocycles. The van der Waals surface area contributed by atoms with Gasteiger partial charge >= 0.3 is 0 Å². The second kappa shape index (κ2) is 9.72. The largest absolute Gasteiger partial charge is 0.299 e. The Morgan fingerprint density at radius 2 is 0.682 bits per heavy atom. The minimum absolute atomic E-state index is 0.647. The van der Waals surface area contributed by atoms with Crippen LogP contribution in [-0.4, -0.2) is 25.1 Å². The number of carbonyl (C=O) groups is 4. The van der Waals surface area contributed by atoms with Crippen LogP contribution in [0.1, 0.15) is 22.3 Å². The van der Waals surface area contributed by atoms with E-state index >= 15 is 0 Å². The predicted octanol–water partition coefficient (Wildman–Crippen LogP) is 2.54. The maximum atomic E-state index is 10.5. The van der Waals surface area contributed by atoms with Gasteiger partial charge in [-0.2, -0.15) is 0 Å². The van der Waals surface area contributed by atoms with Gasteiger partial charge in [-0.05, 0) is 58.7 Å². The summed E-state index contributed by atoms with van der Waals surface area (Å²) in [7, 11) is 0. The molecule has 1 aromatic rings. The molecule has 0 bridgehead atoms. The summed E-state index contributed by atoms with van der Waals surface area (Å²) >= 11 is 0. The molecule has 0 aliphatic heterocycles. The predicted molar refractivity (Wildman–Crippen MR) is 86.8 cm³/mol. The van der Waals surface area contributed by atoms with Crippen LogP contribution >= 0.6 is 0 Å². The fraction of sp³-hybridized carbons (Fsp3) is 0. The summed E-state index contributed by atoms with van der Waals surface area (Å²) in [4.78, 5) is 42.0. The highest BCUT2D eigenvalue weighted by Crippen LogP contribution is 2.22. The van der Waals surface area contributed by atoms with Crippen LogP contribution in [0, 0.1) is 0 Å². The van der Waals surface area contributed by atoms with Gasteiger partial charge in [0.15, 0.2) is 0 Å². The molecular formula is C18H14O4. The molecule has 0 spiro atoms. The molecule has 4 heteroatoms. The summed E-state index contributed by atoms with van der Waals surface area (Å²) in [6, 6.07) is 3.52. The fourth-order valence-electron chi connectivity index (χ4n) is 1.82. The zero-order chi connectivity index (χ0) is 16.2. The van der Waals surface area contributed by atoms with Crippen LogP contribution in [0.3, 0.4) is 0 Å². The summed E-state index contributed by atoms with van der Waals surface area (Å²) in [5.41, 5.74) is 2.83. The van der Waals surface area contributed by atoms with Gasteiger partial charge in [0, 0.05) is 0 Å². The Labute approximate surface area is 128 Å². The minimum atomic E-state index is 0.647. The minimum Gasteiger partial charge on any atom is -0.299 e. The Morgan fingerprint density at radius 3 is 0.864 bits per heavy atom. The average Bonchev–Trinajstić information content (AvgIpc) is 2.55. The van der Waals surface area contributed by atoms with Crippen molar-refractivity contribution in [3.8, 4) is 0 Å². The second-order valence-electron chi connectivity index (χ2n) is 4.09. The number of hydrogen-bond acceptors (Lipinski definition) is 4. The third-order valence-corrected chi connectivity index (χ3v) is 2.71. The van der Waals surface area contributed by atoms with E-state index in [2.05, 4.69) is 0 Å². The molecule has 22 heavy (non-hydrogen) atoms. The van der Waals surface area contributed by atoms with Crippen molar-refractivity contribution in [2.24, 2.45) is 0 Å². The molecule has 0 amide bonds. The van der Waals surface area contributed by atoms with Crippen LogP contribution in [-0.2, 0) is 19.2 Å². The van der Waals surface area contributed by atoms with E-state index in [-0.39, 0.29) is 0 Å². The number of aldehydes is 4. The first-order valence-electron chi connectivity index (χ1n) is 6.42. The van der Waals surface area contributed by atoms with E-state index in [0.29, 0.717) is 47.4 Å². The van der Waals surface area contributed by atoms with Gasteiger partial charge in [-0.1, -0.05) is 24.3 Å². The van der Waals surface area contributed by atoms with E-state index in [1.54, 1.807) is 36.4 Å². The first-order valence-corrected chi connectivity index (χ1v) is 6.42. The van der Waals surface area contributed by atoms with Gasteiger partial charge < -0.3 is 0 Å². The fourth-order valence-corrected chi connectivity index (χ4v) is 1.82. The molecule has 0 aliphatic rings. The zero-order valence-electron chi connectivity index (χ0n) is 11.7. The molecule has 0 aliphatic carbocycles. The Bertz CT molecular complexity index is 562. The van der Waals surface area contributed by atoms with E-state index in [9.17, 15) is 19.2 Å². The average molecular weight is 294 g/mol. The van der Waals surface area contributed by atoms with E-state index in [1.807, 2.05) is 0 Å². The Morgan fingerprint density at radius 1 is 0.455 bits per heavy atom. The second-order valence-corrected chi connectivity index (χ2v) is 4.09. The van der Waals surface area contributed by atoms with Crippen LogP contribution in [0.4, 0.5) is 0 Å². The van der Waals surface area contributed by atoms with Crippen LogP contribution in [0.25, 0.3) is 24.3 Å². The third kappa shape index (κ3) is 5.09. The van der Waals surface area contributed by atoms with Crippen molar-refractivity contribution >= 4 is 49.4 Å². The molecule has 1 rings (SSSR count). The highest BCUT2D eigenvalue weighted by molar-refractivity contribution is 5.85. The lowest BCUT2D eigenvalue weighted by Gasteiger charge is -2.08. The topological polar surface area (TPSA) is 68.3 Å². The number of carbonyl (C=O) groups excluding carboxylic acids is 4. The van der Waals surface area contributed by atoms with Crippen molar-refractivity contribution in [2.45, 2.75) is 0 Å². The molecule has 4 nitrogen and oxygen atoms in total. The summed E-state index contributed by atoms with van der Waals surface area (Å²) in [6.07, 6.45) is 14.3. The van der Waals surface area contributed by atoms with Crippen LogP contribution in [0.15, 0.2) is 36.4 Å². The van der Waals surface area contributed by atoms with Crippen molar-refractivity contribution in [2.75, 3.05) is 0 Å². The van der Waals surface area contributed by atoms with Gasteiger partial charge in [0.2, 0.25) is 0 Å². The Hall–Kier alpha value is -3.14. The SMILES string of the molecule is O=C/C=C/c1cc(/C=C/C=O)c(/C=C/C=O)cc1/C=C/C=O. The lowest BCUT2D eigenvalue weighted by atomic mass is 9.96. The number of rotatable bonds is 8. The lowest BCUT2D eigenvalue weighted by molar-refractivity contribution is -0.104. The van der Waals surface area contributed by atoms with Crippen molar-refractivity contribution in [1.29, 1.82) is 0 Å². The summed E-state index contributed by atoms with van der Waals surface area (Å²) in [5.74, 6) is 0. The quantitative estimate of drug-likeness (QED) is 0.546. The van der Waals surface area contributed by atoms with Gasteiger partial charge in [-0.25, -0.2) is 0 Å². The van der Waals surface area contributed by atoms with Gasteiger partial charge in [0.05, 0.1) is 0 Å². The standard InChI is InChI=1S/C18H14O4/c19-9-1-5-15-13-17(7-3-11-21)18(8-4-12-22)14-16(15)6-2-10-20/h1-14H/b5-1+,6-2+,7-3+,8-4+. The lowest BCUT2D eigenvalue weighted by Crippen LogP contribution is -1.89. The number of allylic oxidation sites excluding steroid dienone is 4. The summed E-state index contributed by atoms with van der Waals surface area (Å²) in [6.45, 7) is 0. The maximum Gasteiger partial charge on any atom is 0.142 e. The Kier molecular flexibility index (Phi) is 7.47. The first kappa shape index (κ1) is 16.9. The van der Waals surface area contributed by atoms with E-state index in [4.69, 9.17) is 0 Å². The highest BCUT2D eigenvalue weighted by Gasteiger charge is 2.03. The molecule has 0 fully saturated rings. The molecule has 0 radical (unpaired) electrons. The summed E-state index contributed by atoms with van der Waals surface area (Å²) in [5, 5.41) is 0. The molecule has 0 saturated carbocycles. The molecule has 0 aromatic heterocycles.